The Morgan fingerprint density at radius 3 is 3.17 bits per heavy atom. The molecule has 1 aromatic heterocycles. The van der Waals surface area contributed by atoms with E-state index in [0.29, 0.717) is 11.1 Å². The number of rotatable bonds is 0. The zero-order valence-corrected chi connectivity index (χ0v) is 7.60. The SMILES string of the molecule is C[C@@H]1CCNc2ncnc(Cl)c21. The van der Waals surface area contributed by atoms with Gasteiger partial charge in [0, 0.05) is 12.1 Å². The molecule has 2 heterocycles. The second-order valence-electron chi connectivity index (χ2n) is 3.04. The number of nitrogens with zero attached hydrogens (tertiary/aromatic N) is 2. The van der Waals surface area contributed by atoms with Crippen molar-refractivity contribution >= 4 is 17.4 Å². The lowest BCUT2D eigenvalue weighted by atomic mass is 9.97. The average Bonchev–Trinajstić information content (AvgIpc) is 2.04. The second-order valence-corrected chi connectivity index (χ2v) is 3.40. The molecule has 0 bridgehead atoms. The molecule has 0 saturated heterocycles. The number of fused-ring (bicyclic) bond motifs is 1. The Labute approximate surface area is 76.2 Å². The number of aromatic nitrogens is 2. The maximum Gasteiger partial charge on any atom is 0.138 e. The van der Waals surface area contributed by atoms with Crippen molar-refractivity contribution in [3.05, 3.63) is 17.0 Å². The number of nitrogens with one attached hydrogen (secondary N) is 1. The predicted octanol–water partition coefficient (Wildman–Crippen LogP) is 2.05. The molecule has 0 radical (unpaired) electrons. The maximum absolute atomic E-state index is 5.95. The molecule has 0 fully saturated rings. The van der Waals surface area contributed by atoms with Crippen molar-refractivity contribution in [3.8, 4) is 0 Å². The topological polar surface area (TPSA) is 37.8 Å². The Morgan fingerprint density at radius 1 is 1.58 bits per heavy atom. The van der Waals surface area contributed by atoms with Crippen LogP contribution in [-0.2, 0) is 0 Å². The summed E-state index contributed by atoms with van der Waals surface area (Å²) in [6, 6.07) is 0. The first kappa shape index (κ1) is 7.80. The van der Waals surface area contributed by atoms with Gasteiger partial charge in [-0.1, -0.05) is 18.5 Å². The third kappa shape index (κ3) is 1.14. The molecule has 1 atom stereocenters. The predicted molar refractivity (Wildman–Crippen MR) is 48.6 cm³/mol. The van der Waals surface area contributed by atoms with Crippen LogP contribution in [0.1, 0.15) is 24.8 Å². The van der Waals surface area contributed by atoms with Gasteiger partial charge in [-0.05, 0) is 12.3 Å². The van der Waals surface area contributed by atoms with Crippen LogP contribution < -0.4 is 5.32 Å². The summed E-state index contributed by atoms with van der Waals surface area (Å²) < 4.78 is 0. The molecule has 0 amide bonds. The molecule has 1 N–H and O–H groups in total. The largest absolute Gasteiger partial charge is 0.370 e. The summed E-state index contributed by atoms with van der Waals surface area (Å²) in [5.41, 5.74) is 1.06. The standard InChI is InChI=1S/C8H10ClN3/c1-5-2-3-10-8-6(5)7(9)11-4-12-8/h4-5H,2-3H2,1H3,(H,10,11,12)/t5-/m1/s1. The molecule has 4 heteroatoms. The summed E-state index contributed by atoms with van der Waals surface area (Å²) in [5.74, 6) is 1.36. The number of halogens is 1. The van der Waals surface area contributed by atoms with Crippen molar-refractivity contribution in [3.63, 3.8) is 0 Å². The van der Waals surface area contributed by atoms with Crippen LogP contribution in [0.5, 0.6) is 0 Å². The van der Waals surface area contributed by atoms with Crippen molar-refractivity contribution < 1.29 is 0 Å². The van der Waals surface area contributed by atoms with Crippen molar-refractivity contribution in [2.24, 2.45) is 0 Å². The van der Waals surface area contributed by atoms with Crippen LogP contribution in [0.3, 0.4) is 0 Å². The molecule has 0 saturated carbocycles. The van der Waals surface area contributed by atoms with Crippen molar-refractivity contribution in [1.29, 1.82) is 0 Å². The Balaban J connectivity index is 2.53. The molecule has 2 rings (SSSR count). The normalized spacial score (nSPS) is 21.3. The number of anilines is 1. The maximum atomic E-state index is 5.95. The van der Waals surface area contributed by atoms with E-state index in [1.54, 1.807) is 0 Å². The first-order valence-electron chi connectivity index (χ1n) is 4.03. The van der Waals surface area contributed by atoms with E-state index in [2.05, 4.69) is 22.2 Å². The van der Waals surface area contributed by atoms with Crippen LogP contribution in [0.2, 0.25) is 5.15 Å². The van der Waals surface area contributed by atoms with Crippen LogP contribution >= 0.6 is 11.6 Å². The summed E-state index contributed by atoms with van der Waals surface area (Å²) in [5, 5.41) is 3.78. The molecule has 3 nitrogen and oxygen atoms in total. The molecule has 0 aromatic carbocycles. The highest BCUT2D eigenvalue weighted by Gasteiger charge is 2.20. The monoisotopic (exact) mass is 183 g/mol. The fourth-order valence-corrected chi connectivity index (χ4v) is 1.82. The summed E-state index contributed by atoms with van der Waals surface area (Å²) in [7, 11) is 0. The highest BCUT2D eigenvalue weighted by molar-refractivity contribution is 6.30. The van der Waals surface area contributed by atoms with Gasteiger partial charge in [0.2, 0.25) is 0 Å². The van der Waals surface area contributed by atoms with Gasteiger partial charge in [-0.3, -0.25) is 0 Å². The van der Waals surface area contributed by atoms with Crippen molar-refractivity contribution in [2.75, 3.05) is 11.9 Å². The van der Waals surface area contributed by atoms with Gasteiger partial charge >= 0.3 is 0 Å². The molecule has 64 valence electrons. The van der Waals surface area contributed by atoms with Gasteiger partial charge in [0.25, 0.3) is 0 Å². The fraction of sp³-hybridized carbons (Fsp3) is 0.500. The minimum absolute atomic E-state index is 0.468. The van der Waals surface area contributed by atoms with Gasteiger partial charge in [-0.2, -0.15) is 0 Å². The van der Waals surface area contributed by atoms with E-state index >= 15 is 0 Å². The fourth-order valence-electron chi connectivity index (χ4n) is 1.50. The Morgan fingerprint density at radius 2 is 2.42 bits per heavy atom. The lowest BCUT2D eigenvalue weighted by molar-refractivity contribution is 0.672. The van der Waals surface area contributed by atoms with E-state index in [9.17, 15) is 0 Å². The van der Waals surface area contributed by atoms with E-state index in [0.717, 1.165) is 24.3 Å². The third-order valence-electron chi connectivity index (χ3n) is 2.20. The molecule has 0 aliphatic carbocycles. The highest BCUT2D eigenvalue weighted by atomic mass is 35.5. The summed E-state index contributed by atoms with van der Waals surface area (Å²) >= 11 is 5.95. The Kier molecular flexibility index (Phi) is 1.89. The molecular weight excluding hydrogens is 174 g/mol. The van der Waals surface area contributed by atoms with E-state index in [1.807, 2.05) is 0 Å². The minimum Gasteiger partial charge on any atom is -0.370 e. The zero-order chi connectivity index (χ0) is 8.55. The van der Waals surface area contributed by atoms with Gasteiger partial charge in [0.05, 0.1) is 0 Å². The summed E-state index contributed by atoms with van der Waals surface area (Å²) in [4.78, 5) is 8.08. The van der Waals surface area contributed by atoms with Gasteiger partial charge in [0.1, 0.15) is 17.3 Å². The first-order valence-corrected chi connectivity index (χ1v) is 4.41. The number of hydrogen-bond donors (Lipinski definition) is 1. The quantitative estimate of drug-likeness (QED) is 0.626. The average molecular weight is 184 g/mol. The third-order valence-corrected chi connectivity index (χ3v) is 2.50. The highest BCUT2D eigenvalue weighted by Crippen LogP contribution is 2.33. The minimum atomic E-state index is 0.468. The van der Waals surface area contributed by atoms with Crippen LogP contribution in [0.15, 0.2) is 6.33 Å². The van der Waals surface area contributed by atoms with Crippen LogP contribution in [0.4, 0.5) is 5.82 Å². The summed E-state index contributed by atoms with van der Waals surface area (Å²) in [6.07, 6.45) is 2.59. The molecule has 1 aliphatic rings. The van der Waals surface area contributed by atoms with E-state index in [4.69, 9.17) is 11.6 Å². The van der Waals surface area contributed by atoms with E-state index in [1.165, 1.54) is 6.33 Å². The smallest absolute Gasteiger partial charge is 0.138 e. The molecule has 1 aliphatic heterocycles. The van der Waals surface area contributed by atoms with Gasteiger partial charge < -0.3 is 5.32 Å². The molecule has 0 unspecified atom stereocenters. The van der Waals surface area contributed by atoms with Crippen LogP contribution in [0, 0.1) is 0 Å². The number of hydrogen-bond acceptors (Lipinski definition) is 3. The zero-order valence-electron chi connectivity index (χ0n) is 6.84. The van der Waals surface area contributed by atoms with E-state index in [-0.39, 0.29) is 0 Å². The van der Waals surface area contributed by atoms with Gasteiger partial charge in [-0.25, -0.2) is 9.97 Å². The first-order chi connectivity index (χ1) is 5.79. The van der Waals surface area contributed by atoms with Gasteiger partial charge in [0.15, 0.2) is 0 Å². The van der Waals surface area contributed by atoms with Crippen LogP contribution in [0.25, 0.3) is 0 Å². The molecule has 12 heavy (non-hydrogen) atoms. The molecule has 0 spiro atoms. The van der Waals surface area contributed by atoms with Crippen molar-refractivity contribution in [1.82, 2.24) is 9.97 Å². The second kappa shape index (κ2) is 2.90. The van der Waals surface area contributed by atoms with Crippen molar-refractivity contribution in [2.45, 2.75) is 19.3 Å². The lowest BCUT2D eigenvalue weighted by Crippen LogP contribution is -2.17. The molecular formula is C8H10ClN3. The lowest BCUT2D eigenvalue weighted by Gasteiger charge is -2.22. The summed E-state index contributed by atoms with van der Waals surface area (Å²) in [6.45, 7) is 3.12. The Bertz CT molecular complexity index is 300. The van der Waals surface area contributed by atoms with Crippen LogP contribution in [-0.4, -0.2) is 16.5 Å². The van der Waals surface area contributed by atoms with Gasteiger partial charge in [-0.15, -0.1) is 0 Å². The Hall–Kier alpha value is -0.830. The van der Waals surface area contributed by atoms with E-state index < -0.39 is 0 Å². The molecule has 1 aromatic rings.